The first-order valence-electron chi connectivity index (χ1n) is 8.23. The van der Waals surface area contributed by atoms with E-state index in [1.165, 1.54) is 11.8 Å². The van der Waals surface area contributed by atoms with Gasteiger partial charge in [0.2, 0.25) is 11.9 Å². The molecular formula is C18H17N5O3S. The van der Waals surface area contributed by atoms with Crippen LogP contribution in [-0.2, 0) is 0 Å². The molecule has 0 radical (unpaired) electrons. The summed E-state index contributed by atoms with van der Waals surface area (Å²) in [5.74, 6) is 1.44. The molecule has 2 aromatic carbocycles. The molecule has 0 N–H and O–H groups in total. The molecule has 0 saturated heterocycles. The minimum absolute atomic E-state index is 0.0317. The zero-order chi connectivity index (χ0) is 18.8. The Balaban J connectivity index is 1.46. The summed E-state index contributed by atoms with van der Waals surface area (Å²) in [6, 6.07) is 13.0. The molecule has 0 fully saturated rings. The number of anilines is 1. The number of carbonyl (C=O) groups is 1. The maximum atomic E-state index is 12.5. The molecule has 3 aromatic rings. The van der Waals surface area contributed by atoms with Crippen LogP contribution in [-0.4, -0.2) is 52.6 Å². The summed E-state index contributed by atoms with van der Waals surface area (Å²) in [4.78, 5) is 14.5. The number of hydrogen-bond donors (Lipinski definition) is 0. The molecule has 1 aliphatic heterocycles. The summed E-state index contributed by atoms with van der Waals surface area (Å²) in [6.07, 6.45) is 0. The number of tetrazole rings is 1. The molecule has 0 saturated carbocycles. The zero-order valence-electron chi connectivity index (χ0n) is 14.8. The number of Topliss-reactive ketones (excluding diaryl/α,β-unsaturated/α-hetero) is 1. The van der Waals surface area contributed by atoms with Gasteiger partial charge in [0.25, 0.3) is 0 Å². The Labute approximate surface area is 160 Å². The zero-order valence-corrected chi connectivity index (χ0v) is 15.6. The lowest BCUT2D eigenvalue weighted by Crippen LogP contribution is -2.09. The van der Waals surface area contributed by atoms with Crippen LogP contribution >= 0.6 is 11.8 Å². The number of nitrogens with zero attached hydrogens (tertiary/aromatic N) is 5. The molecule has 2 heterocycles. The first-order chi connectivity index (χ1) is 13.1. The molecule has 0 aliphatic carbocycles. The van der Waals surface area contributed by atoms with Crippen molar-refractivity contribution in [1.29, 1.82) is 0 Å². The van der Waals surface area contributed by atoms with Gasteiger partial charge < -0.3 is 14.4 Å². The average Bonchev–Trinajstić information content (AvgIpc) is 3.34. The normalized spacial score (nSPS) is 12.2. The van der Waals surface area contributed by atoms with Crippen LogP contribution in [0.15, 0.2) is 47.6 Å². The molecule has 8 nitrogen and oxygen atoms in total. The Kier molecular flexibility index (Phi) is 4.68. The number of thioether (sulfide) groups is 1. The van der Waals surface area contributed by atoms with E-state index in [0.717, 1.165) is 11.4 Å². The van der Waals surface area contributed by atoms with E-state index < -0.39 is 0 Å². The lowest BCUT2D eigenvalue weighted by Gasteiger charge is -2.12. The number of ketones is 1. The van der Waals surface area contributed by atoms with Crippen LogP contribution in [0.5, 0.6) is 11.5 Å². The molecule has 138 valence electrons. The van der Waals surface area contributed by atoms with Crippen molar-refractivity contribution in [3.8, 4) is 17.2 Å². The highest BCUT2D eigenvalue weighted by Crippen LogP contribution is 2.33. The lowest BCUT2D eigenvalue weighted by atomic mass is 10.1. The van der Waals surface area contributed by atoms with E-state index in [0.29, 0.717) is 22.2 Å². The predicted octanol–water partition coefficient (Wildman–Crippen LogP) is 2.43. The molecule has 0 spiro atoms. The standard InChI is InChI=1S/C18H17N5O3S/c1-22(2)13-4-6-14(7-5-13)23-18(19-20-21-23)27-10-15(24)12-3-8-16-17(9-12)26-11-25-16/h3-9H,10-11H2,1-2H3. The van der Waals surface area contributed by atoms with Gasteiger partial charge in [-0.05, 0) is 52.9 Å². The van der Waals surface area contributed by atoms with Crippen molar-refractivity contribution in [1.82, 2.24) is 20.2 Å². The van der Waals surface area contributed by atoms with Crippen molar-refractivity contribution >= 4 is 23.2 Å². The van der Waals surface area contributed by atoms with Crippen molar-refractivity contribution in [2.75, 3.05) is 31.5 Å². The van der Waals surface area contributed by atoms with E-state index in [1.807, 2.05) is 43.3 Å². The van der Waals surface area contributed by atoms with E-state index in [9.17, 15) is 4.79 Å². The Bertz CT molecular complexity index is 971. The SMILES string of the molecule is CN(C)c1ccc(-n2nnnc2SCC(=O)c2ccc3c(c2)OCO3)cc1. The largest absolute Gasteiger partial charge is 0.454 e. The van der Waals surface area contributed by atoms with Crippen molar-refractivity contribution < 1.29 is 14.3 Å². The van der Waals surface area contributed by atoms with Gasteiger partial charge in [-0.3, -0.25) is 4.79 Å². The Hall–Kier alpha value is -3.07. The number of ether oxygens (including phenoxy) is 2. The van der Waals surface area contributed by atoms with Crippen LogP contribution in [0.25, 0.3) is 5.69 Å². The van der Waals surface area contributed by atoms with Crippen molar-refractivity contribution in [2.24, 2.45) is 0 Å². The average molecular weight is 383 g/mol. The van der Waals surface area contributed by atoms with Crippen molar-refractivity contribution in [2.45, 2.75) is 5.16 Å². The number of fused-ring (bicyclic) bond motifs is 1. The third kappa shape index (κ3) is 3.59. The van der Waals surface area contributed by atoms with Gasteiger partial charge in [0.05, 0.1) is 11.4 Å². The number of aromatic nitrogens is 4. The maximum Gasteiger partial charge on any atom is 0.231 e. The number of rotatable bonds is 6. The predicted molar refractivity (Wildman–Crippen MR) is 101 cm³/mol. The molecule has 1 aliphatic rings. The molecule has 0 atom stereocenters. The molecule has 1 aromatic heterocycles. The van der Waals surface area contributed by atoms with Crippen LogP contribution in [0, 0.1) is 0 Å². The van der Waals surface area contributed by atoms with Gasteiger partial charge in [-0.25, -0.2) is 0 Å². The molecule has 0 amide bonds. The first kappa shape index (κ1) is 17.3. The van der Waals surface area contributed by atoms with Gasteiger partial charge in [-0.2, -0.15) is 4.68 Å². The minimum Gasteiger partial charge on any atom is -0.454 e. The van der Waals surface area contributed by atoms with Gasteiger partial charge in [0.15, 0.2) is 17.3 Å². The number of hydrogen-bond acceptors (Lipinski definition) is 8. The lowest BCUT2D eigenvalue weighted by molar-refractivity contribution is 0.102. The van der Waals surface area contributed by atoms with E-state index in [2.05, 4.69) is 15.5 Å². The Morgan fingerprint density at radius 2 is 1.93 bits per heavy atom. The molecule has 9 heteroatoms. The summed E-state index contributed by atoms with van der Waals surface area (Å²) in [6.45, 7) is 0.184. The van der Waals surface area contributed by atoms with Crippen LogP contribution in [0.4, 0.5) is 5.69 Å². The molecular weight excluding hydrogens is 366 g/mol. The van der Waals surface area contributed by atoms with Gasteiger partial charge in [0, 0.05) is 25.3 Å². The van der Waals surface area contributed by atoms with Gasteiger partial charge >= 0.3 is 0 Å². The van der Waals surface area contributed by atoms with Gasteiger partial charge in [-0.1, -0.05) is 11.8 Å². The second kappa shape index (κ2) is 7.28. The van der Waals surface area contributed by atoms with Crippen molar-refractivity contribution in [3.63, 3.8) is 0 Å². The Morgan fingerprint density at radius 1 is 1.15 bits per heavy atom. The summed E-state index contributed by atoms with van der Waals surface area (Å²) in [5.41, 5.74) is 2.49. The van der Waals surface area contributed by atoms with E-state index in [4.69, 9.17) is 9.47 Å². The summed E-state index contributed by atoms with van der Waals surface area (Å²) >= 11 is 1.29. The quantitative estimate of drug-likeness (QED) is 0.474. The second-order valence-electron chi connectivity index (χ2n) is 6.06. The highest BCUT2D eigenvalue weighted by Gasteiger charge is 2.17. The fourth-order valence-electron chi connectivity index (χ4n) is 2.61. The summed E-state index contributed by atoms with van der Waals surface area (Å²) < 4.78 is 12.2. The highest BCUT2D eigenvalue weighted by atomic mass is 32.2. The fraction of sp³-hybridized carbons (Fsp3) is 0.222. The molecule has 27 heavy (non-hydrogen) atoms. The maximum absolute atomic E-state index is 12.5. The first-order valence-corrected chi connectivity index (χ1v) is 9.22. The van der Waals surface area contributed by atoms with Crippen LogP contribution in [0.1, 0.15) is 10.4 Å². The fourth-order valence-corrected chi connectivity index (χ4v) is 3.39. The third-order valence-electron chi connectivity index (χ3n) is 4.08. The second-order valence-corrected chi connectivity index (χ2v) is 7.01. The minimum atomic E-state index is -0.0317. The number of carbonyl (C=O) groups excluding carboxylic acids is 1. The van der Waals surface area contributed by atoms with Crippen LogP contribution < -0.4 is 14.4 Å². The smallest absolute Gasteiger partial charge is 0.231 e. The van der Waals surface area contributed by atoms with Crippen LogP contribution in [0.2, 0.25) is 0 Å². The topological polar surface area (TPSA) is 82.4 Å². The summed E-state index contributed by atoms with van der Waals surface area (Å²) in [5, 5.41) is 12.4. The van der Waals surface area contributed by atoms with E-state index in [-0.39, 0.29) is 18.3 Å². The molecule has 0 unspecified atom stereocenters. The van der Waals surface area contributed by atoms with E-state index in [1.54, 1.807) is 22.9 Å². The van der Waals surface area contributed by atoms with Gasteiger partial charge in [-0.15, -0.1) is 5.10 Å². The molecule has 0 bridgehead atoms. The number of benzene rings is 2. The van der Waals surface area contributed by atoms with Crippen molar-refractivity contribution in [3.05, 3.63) is 48.0 Å². The van der Waals surface area contributed by atoms with E-state index >= 15 is 0 Å². The monoisotopic (exact) mass is 383 g/mol. The van der Waals surface area contributed by atoms with Crippen LogP contribution in [0.3, 0.4) is 0 Å². The Morgan fingerprint density at radius 3 is 2.70 bits per heavy atom. The third-order valence-corrected chi connectivity index (χ3v) is 5.00. The van der Waals surface area contributed by atoms with Gasteiger partial charge in [0.1, 0.15) is 0 Å². The highest BCUT2D eigenvalue weighted by molar-refractivity contribution is 7.99. The molecule has 4 rings (SSSR count). The summed E-state index contributed by atoms with van der Waals surface area (Å²) in [7, 11) is 3.96.